The van der Waals surface area contributed by atoms with E-state index in [2.05, 4.69) is 10.1 Å². The minimum absolute atomic E-state index is 0.00520. The molecule has 1 saturated heterocycles. The van der Waals surface area contributed by atoms with E-state index in [-0.39, 0.29) is 46.7 Å². The summed E-state index contributed by atoms with van der Waals surface area (Å²) in [7, 11) is 0. The van der Waals surface area contributed by atoms with Crippen LogP contribution in [0.2, 0.25) is 0 Å². The Bertz CT molecular complexity index is 1480. The van der Waals surface area contributed by atoms with Crippen molar-refractivity contribution >= 4 is 17.7 Å². The summed E-state index contributed by atoms with van der Waals surface area (Å²) in [4.78, 5) is 31.6. The maximum absolute atomic E-state index is 13.9. The average molecular weight is 605 g/mol. The summed E-state index contributed by atoms with van der Waals surface area (Å²) in [5.74, 6) is -1.67. The number of aromatic nitrogens is 2. The molecule has 4 N–H and O–H groups in total. The second-order valence-corrected chi connectivity index (χ2v) is 12.9. The number of alkyl halides is 3. The highest BCUT2D eigenvalue weighted by Crippen LogP contribution is 2.56. The van der Waals surface area contributed by atoms with E-state index in [0.717, 1.165) is 31.4 Å². The van der Waals surface area contributed by atoms with Crippen LogP contribution in [0.25, 0.3) is 0 Å². The lowest BCUT2D eigenvalue weighted by Gasteiger charge is -2.48. The maximum Gasteiger partial charge on any atom is 0.416 e. The number of hydrogen-bond donors (Lipinski definition) is 2. The smallest absolute Gasteiger partial charge is 0.416 e. The Labute approximate surface area is 246 Å². The van der Waals surface area contributed by atoms with Crippen LogP contribution >= 0.6 is 0 Å². The summed E-state index contributed by atoms with van der Waals surface area (Å²) in [5.41, 5.74) is 12.0. The Kier molecular flexibility index (Phi) is 7.80. The molecule has 1 atom stereocenters. The molecule has 0 unspecified atom stereocenters. The second kappa shape index (κ2) is 11.0. The lowest BCUT2D eigenvalue weighted by atomic mass is 9.56. The number of ether oxygens (including phenoxy) is 1. The van der Waals surface area contributed by atoms with Crippen LogP contribution in [-0.4, -0.2) is 57.6 Å². The summed E-state index contributed by atoms with van der Waals surface area (Å²) in [6, 6.07) is 2.32. The number of nitrogens with two attached hydrogens (primary N) is 2. The van der Waals surface area contributed by atoms with Gasteiger partial charge in [0.2, 0.25) is 0 Å². The van der Waals surface area contributed by atoms with Gasteiger partial charge in [0.05, 0.1) is 29.6 Å². The molecule has 3 heterocycles. The average Bonchev–Trinajstić information content (AvgIpc) is 3.47. The number of halogens is 4. The molecule has 9 nitrogen and oxygen atoms in total. The minimum Gasteiger partial charge on any atom is -0.444 e. The van der Waals surface area contributed by atoms with Gasteiger partial charge in [0.25, 0.3) is 5.91 Å². The van der Waals surface area contributed by atoms with E-state index in [1.165, 1.54) is 17.1 Å². The van der Waals surface area contributed by atoms with Crippen molar-refractivity contribution in [1.29, 1.82) is 0 Å². The van der Waals surface area contributed by atoms with E-state index in [1.54, 1.807) is 4.90 Å². The first kappa shape index (κ1) is 30.6. The fraction of sp³-hybridized carbons (Fsp3) is 0.533. The maximum atomic E-state index is 13.9. The lowest BCUT2D eigenvalue weighted by molar-refractivity contribution is -0.137. The third kappa shape index (κ3) is 6.54. The van der Waals surface area contributed by atoms with Crippen LogP contribution in [0.5, 0.6) is 0 Å². The summed E-state index contributed by atoms with van der Waals surface area (Å²) in [5, 5.41) is 4.20. The largest absolute Gasteiger partial charge is 0.444 e. The molecule has 232 valence electrons. The number of benzene rings is 1. The molecule has 43 heavy (non-hydrogen) atoms. The summed E-state index contributed by atoms with van der Waals surface area (Å²) in [6.45, 7) is 7.02. The predicted octanol–water partition coefficient (Wildman–Crippen LogP) is 4.63. The van der Waals surface area contributed by atoms with Gasteiger partial charge in [0.1, 0.15) is 11.4 Å². The molecule has 1 aromatic carbocycles. The van der Waals surface area contributed by atoms with Gasteiger partial charge in [-0.15, -0.1) is 0 Å². The van der Waals surface area contributed by atoms with E-state index >= 15 is 0 Å². The molecule has 1 aliphatic carbocycles. The highest BCUT2D eigenvalue weighted by Gasteiger charge is 2.52. The normalized spacial score (nSPS) is 24.5. The fourth-order valence-electron chi connectivity index (χ4n) is 6.61. The van der Waals surface area contributed by atoms with Gasteiger partial charge >= 0.3 is 12.3 Å². The van der Waals surface area contributed by atoms with E-state index in [0.29, 0.717) is 43.4 Å². The number of allylic oxidation sites excluding steroid dienone is 1. The quantitative estimate of drug-likeness (QED) is 0.481. The topological polar surface area (TPSA) is 129 Å². The summed E-state index contributed by atoms with van der Waals surface area (Å²) < 4.78 is 60.2. The predicted molar refractivity (Wildman–Crippen MR) is 150 cm³/mol. The third-order valence-electron chi connectivity index (χ3n) is 8.47. The number of rotatable bonds is 5. The monoisotopic (exact) mass is 604 g/mol. The molecule has 2 amide bonds. The number of carbonyl (C=O) groups is 2. The number of likely N-dealkylation sites (tertiary alicyclic amines) is 1. The SMILES string of the molecule is CC(C)(C)OC(=O)N1CCC2(CC([C@H]3CCN=C(c4cnn(Cc5cc(F)cc(C(F)(F)F)c5)c4)C(C(N)=O)=C3N)C2)C1. The van der Waals surface area contributed by atoms with E-state index in [1.807, 2.05) is 20.8 Å². The first-order chi connectivity index (χ1) is 20.0. The molecule has 2 aliphatic heterocycles. The number of carbonyl (C=O) groups excluding carboxylic acids is 2. The van der Waals surface area contributed by atoms with Crippen LogP contribution < -0.4 is 11.5 Å². The molecular formula is C30H36F4N6O3. The van der Waals surface area contributed by atoms with E-state index < -0.39 is 29.1 Å². The number of amides is 2. The summed E-state index contributed by atoms with van der Waals surface area (Å²) >= 11 is 0. The van der Waals surface area contributed by atoms with Crippen LogP contribution in [0, 0.1) is 23.1 Å². The zero-order valence-corrected chi connectivity index (χ0v) is 24.4. The number of nitrogens with zero attached hydrogens (tertiary/aromatic N) is 4. The van der Waals surface area contributed by atoms with Crippen molar-refractivity contribution < 1.29 is 31.9 Å². The van der Waals surface area contributed by atoms with Crippen molar-refractivity contribution in [2.24, 2.45) is 33.7 Å². The van der Waals surface area contributed by atoms with Crippen molar-refractivity contribution in [3.63, 3.8) is 0 Å². The Hall–Kier alpha value is -3.90. The van der Waals surface area contributed by atoms with Crippen molar-refractivity contribution in [2.75, 3.05) is 19.6 Å². The van der Waals surface area contributed by atoms with E-state index in [4.69, 9.17) is 16.2 Å². The van der Waals surface area contributed by atoms with Gasteiger partial charge in [-0.1, -0.05) is 0 Å². The molecule has 0 radical (unpaired) electrons. The zero-order chi connectivity index (χ0) is 31.3. The molecule has 1 spiro atoms. The Morgan fingerprint density at radius 1 is 1.16 bits per heavy atom. The van der Waals surface area contributed by atoms with Crippen LogP contribution in [0.1, 0.15) is 63.1 Å². The van der Waals surface area contributed by atoms with E-state index in [9.17, 15) is 27.2 Å². The van der Waals surface area contributed by atoms with Crippen molar-refractivity contribution in [3.05, 3.63) is 64.4 Å². The van der Waals surface area contributed by atoms with Crippen LogP contribution in [-0.2, 0) is 22.3 Å². The molecule has 2 fully saturated rings. The third-order valence-corrected chi connectivity index (χ3v) is 8.47. The fourth-order valence-corrected chi connectivity index (χ4v) is 6.61. The van der Waals surface area contributed by atoms with Crippen molar-refractivity contribution in [1.82, 2.24) is 14.7 Å². The minimum atomic E-state index is -4.69. The first-order valence-electron chi connectivity index (χ1n) is 14.3. The van der Waals surface area contributed by atoms with Gasteiger partial charge < -0.3 is 21.1 Å². The van der Waals surface area contributed by atoms with Crippen LogP contribution in [0.4, 0.5) is 22.4 Å². The molecule has 5 rings (SSSR count). The lowest BCUT2D eigenvalue weighted by Crippen LogP contribution is -2.45. The molecule has 2 aromatic rings. The van der Waals surface area contributed by atoms with Gasteiger partial charge in [-0.3, -0.25) is 14.5 Å². The van der Waals surface area contributed by atoms with Gasteiger partial charge in [0.15, 0.2) is 0 Å². The number of hydrogen-bond acceptors (Lipinski definition) is 6. The summed E-state index contributed by atoms with van der Waals surface area (Å²) in [6.07, 6.45) is 1.14. The number of primary amides is 1. The molecule has 1 aromatic heterocycles. The first-order valence-corrected chi connectivity index (χ1v) is 14.3. The van der Waals surface area contributed by atoms with Gasteiger partial charge in [-0.05, 0) is 81.5 Å². The van der Waals surface area contributed by atoms with Gasteiger partial charge in [-0.2, -0.15) is 18.3 Å². The highest BCUT2D eigenvalue weighted by molar-refractivity contribution is 6.28. The Morgan fingerprint density at radius 3 is 2.53 bits per heavy atom. The molecule has 0 bridgehead atoms. The van der Waals surface area contributed by atoms with Crippen molar-refractivity contribution in [3.8, 4) is 0 Å². The number of aliphatic imine (C=N–C) groups is 1. The Morgan fingerprint density at radius 2 is 1.88 bits per heavy atom. The highest BCUT2D eigenvalue weighted by atomic mass is 19.4. The van der Waals surface area contributed by atoms with Crippen LogP contribution in [0.15, 0.2) is 46.9 Å². The molecular weight excluding hydrogens is 568 g/mol. The van der Waals surface area contributed by atoms with Gasteiger partial charge in [-0.25, -0.2) is 9.18 Å². The molecule has 3 aliphatic rings. The molecule has 1 saturated carbocycles. The standard InChI is InChI=1S/C30H36F4N6O3/c1-28(2,3)43-27(42)39-7-5-29(16-39)11-18(12-29)22-4-6-37-25(23(24(22)35)26(36)41)19-13-38-40(15-19)14-17-8-20(30(32,33)34)10-21(31)9-17/h8-10,13,15,18,22H,4-7,11-12,14,16,35H2,1-3H3,(H2,36,41)/t18?,22-,29?/m1/s1. The van der Waals surface area contributed by atoms with Gasteiger partial charge in [0, 0.05) is 43.0 Å². The Balaban J connectivity index is 1.30. The van der Waals surface area contributed by atoms with Crippen molar-refractivity contribution in [2.45, 2.75) is 64.8 Å². The zero-order valence-electron chi connectivity index (χ0n) is 24.4. The van der Waals surface area contributed by atoms with Crippen LogP contribution in [0.3, 0.4) is 0 Å². The molecule has 13 heteroatoms. The second-order valence-electron chi connectivity index (χ2n) is 12.9.